The van der Waals surface area contributed by atoms with Crippen LogP contribution in [0.15, 0.2) is 30.3 Å². The first-order valence-corrected chi connectivity index (χ1v) is 7.58. The first-order chi connectivity index (χ1) is 10.1. The Morgan fingerprint density at radius 2 is 1.81 bits per heavy atom. The van der Waals surface area contributed by atoms with Gasteiger partial charge in [0.2, 0.25) is 0 Å². The van der Waals surface area contributed by atoms with Crippen molar-refractivity contribution in [1.82, 2.24) is 10.3 Å². The quantitative estimate of drug-likeness (QED) is 0.864. The molecule has 2 rings (SSSR count). The maximum Gasteiger partial charge on any atom is 0.148 e. The number of aromatic nitrogens is 1. The molecule has 3 heteroatoms. The molecule has 3 nitrogen and oxygen atoms in total. The van der Waals surface area contributed by atoms with Gasteiger partial charge in [0.1, 0.15) is 11.5 Å². The predicted octanol–water partition coefficient (Wildman–Crippen LogP) is 4.16. The summed E-state index contributed by atoms with van der Waals surface area (Å²) in [5, 5.41) is 3.36. The number of hydrogen-bond acceptors (Lipinski definition) is 3. The summed E-state index contributed by atoms with van der Waals surface area (Å²) in [5.41, 5.74) is 4.45. The van der Waals surface area contributed by atoms with Gasteiger partial charge in [-0.3, -0.25) is 4.98 Å². The Hall–Kier alpha value is -1.87. The predicted molar refractivity (Wildman–Crippen MR) is 87.0 cm³/mol. The van der Waals surface area contributed by atoms with E-state index in [-0.39, 0.29) is 0 Å². The van der Waals surface area contributed by atoms with E-state index in [1.807, 2.05) is 25.1 Å². The van der Waals surface area contributed by atoms with Gasteiger partial charge in [0.25, 0.3) is 0 Å². The largest absolute Gasteiger partial charge is 0.455 e. The van der Waals surface area contributed by atoms with Crippen molar-refractivity contribution < 1.29 is 4.74 Å². The number of nitrogens with one attached hydrogen (secondary N) is 1. The van der Waals surface area contributed by atoms with Gasteiger partial charge < -0.3 is 10.1 Å². The van der Waals surface area contributed by atoms with Crippen molar-refractivity contribution >= 4 is 0 Å². The van der Waals surface area contributed by atoms with Gasteiger partial charge in [-0.25, -0.2) is 0 Å². The highest BCUT2D eigenvalue weighted by Gasteiger charge is 2.09. The van der Waals surface area contributed by atoms with Gasteiger partial charge in [0.15, 0.2) is 0 Å². The first-order valence-electron chi connectivity index (χ1n) is 7.58. The zero-order valence-corrected chi connectivity index (χ0v) is 13.4. The summed E-state index contributed by atoms with van der Waals surface area (Å²) in [6, 6.07) is 10.3. The molecule has 2 aromatic rings. The molecule has 0 spiro atoms. The van der Waals surface area contributed by atoms with E-state index in [1.165, 1.54) is 11.1 Å². The van der Waals surface area contributed by atoms with Crippen molar-refractivity contribution in [3.8, 4) is 11.5 Å². The zero-order valence-electron chi connectivity index (χ0n) is 13.4. The van der Waals surface area contributed by atoms with Crippen LogP contribution in [0.4, 0.5) is 0 Å². The molecule has 1 N–H and O–H groups in total. The molecule has 0 saturated heterocycles. The average Bonchev–Trinajstić information content (AvgIpc) is 2.48. The second kappa shape index (κ2) is 7.23. The van der Waals surface area contributed by atoms with E-state index in [4.69, 9.17) is 4.74 Å². The molecule has 0 unspecified atom stereocenters. The second-order valence-electron chi connectivity index (χ2n) is 5.24. The summed E-state index contributed by atoms with van der Waals surface area (Å²) in [4.78, 5) is 4.56. The molecule has 0 amide bonds. The minimum Gasteiger partial charge on any atom is -0.455 e. The Labute approximate surface area is 127 Å². The number of aryl methyl sites for hydroxylation is 3. The summed E-state index contributed by atoms with van der Waals surface area (Å²) in [6.07, 6.45) is 0.866. The lowest BCUT2D eigenvalue weighted by molar-refractivity contribution is 0.464. The van der Waals surface area contributed by atoms with Gasteiger partial charge in [0.05, 0.1) is 5.69 Å². The van der Waals surface area contributed by atoms with Crippen LogP contribution < -0.4 is 10.1 Å². The van der Waals surface area contributed by atoms with Crippen LogP contribution in [-0.4, -0.2) is 11.5 Å². The van der Waals surface area contributed by atoms with Gasteiger partial charge in [-0.1, -0.05) is 31.5 Å². The Morgan fingerprint density at radius 1 is 1.05 bits per heavy atom. The number of benzene rings is 1. The molecule has 0 radical (unpaired) electrons. The third-order valence-corrected chi connectivity index (χ3v) is 3.41. The molecule has 0 aliphatic rings. The molecule has 112 valence electrons. The van der Waals surface area contributed by atoms with Crippen molar-refractivity contribution in [2.24, 2.45) is 0 Å². The molecule has 0 bridgehead atoms. The van der Waals surface area contributed by atoms with E-state index in [1.54, 1.807) is 0 Å². The lowest BCUT2D eigenvalue weighted by Gasteiger charge is -2.14. The molecule has 1 heterocycles. The number of pyridine rings is 1. The maximum absolute atomic E-state index is 6.14. The fourth-order valence-electron chi connectivity index (χ4n) is 2.27. The van der Waals surface area contributed by atoms with Crippen molar-refractivity contribution in [1.29, 1.82) is 0 Å². The Balaban J connectivity index is 2.30. The lowest BCUT2D eigenvalue weighted by atomic mass is 10.1. The average molecular weight is 284 g/mol. The normalized spacial score (nSPS) is 10.7. The molecule has 0 aliphatic heterocycles. The highest BCUT2D eigenvalue weighted by Crippen LogP contribution is 2.28. The number of ether oxygens (including phenoxy) is 1. The van der Waals surface area contributed by atoms with Gasteiger partial charge in [0, 0.05) is 17.8 Å². The van der Waals surface area contributed by atoms with Crippen LogP contribution in [0, 0.1) is 13.8 Å². The fraction of sp³-hybridized carbons (Fsp3) is 0.389. The van der Waals surface area contributed by atoms with Crippen molar-refractivity contribution in [3.63, 3.8) is 0 Å². The number of hydrogen-bond donors (Lipinski definition) is 1. The molecule has 1 aromatic carbocycles. The first kappa shape index (κ1) is 15.5. The summed E-state index contributed by atoms with van der Waals surface area (Å²) >= 11 is 0. The minimum atomic E-state index is 0.814. The fourth-order valence-corrected chi connectivity index (χ4v) is 2.27. The summed E-state index contributed by atoms with van der Waals surface area (Å²) in [6.45, 7) is 10.1. The molecule has 0 atom stereocenters. The van der Waals surface area contributed by atoms with Crippen LogP contribution >= 0.6 is 0 Å². The lowest BCUT2D eigenvalue weighted by Crippen LogP contribution is -2.12. The SMILES string of the molecule is CCNCc1cc(C)ccc1Oc1ccc(C)nc1CC. The molecule has 0 aliphatic carbocycles. The molecule has 1 aromatic heterocycles. The van der Waals surface area contributed by atoms with Gasteiger partial charge in [-0.05, 0) is 45.0 Å². The Kier molecular flexibility index (Phi) is 5.34. The van der Waals surface area contributed by atoms with E-state index in [2.05, 4.69) is 43.2 Å². The monoisotopic (exact) mass is 284 g/mol. The van der Waals surface area contributed by atoms with E-state index in [0.717, 1.165) is 42.4 Å². The smallest absolute Gasteiger partial charge is 0.148 e. The topological polar surface area (TPSA) is 34.1 Å². The van der Waals surface area contributed by atoms with Crippen LogP contribution in [-0.2, 0) is 13.0 Å². The zero-order chi connectivity index (χ0) is 15.2. The van der Waals surface area contributed by atoms with Crippen molar-refractivity contribution in [2.45, 2.75) is 40.7 Å². The third kappa shape index (κ3) is 4.05. The van der Waals surface area contributed by atoms with Crippen molar-refractivity contribution in [2.75, 3.05) is 6.54 Å². The van der Waals surface area contributed by atoms with Crippen LogP contribution in [0.1, 0.15) is 36.4 Å². The Morgan fingerprint density at radius 3 is 2.52 bits per heavy atom. The van der Waals surface area contributed by atoms with E-state index < -0.39 is 0 Å². The standard InChI is InChI=1S/C18H24N2O/c1-5-16-18(10-8-14(4)20-16)21-17-9-7-13(3)11-15(17)12-19-6-2/h7-11,19H,5-6,12H2,1-4H3. The molecule has 0 saturated carbocycles. The van der Waals surface area contributed by atoms with Gasteiger partial charge in [-0.2, -0.15) is 0 Å². The van der Waals surface area contributed by atoms with Crippen LogP contribution in [0.25, 0.3) is 0 Å². The van der Waals surface area contributed by atoms with E-state index >= 15 is 0 Å². The van der Waals surface area contributed by atoms with Crippen molar-refractivity contribution in [3.05, 3.63) is 52.8 Å². The third-order valence-electron chi connectivity index (χ3n) is 3.41. The summed E-state index contributed by atoms with van der Waals surface area (Å²) in [7, 11) is 0. The van der Waals surface area contributed by atoms with Gasteiger partial charge >= 0.3 is 0 Å². The highest BCUT2D eigenvalue weighted by molar-refractivity contribution is 5.41. The second-order valence-corrected chi connectivity index (χ2v) is 5.24. The van der Waals surface area contributed by atoms with E-state index in [9.17, 15) is 0 Å². The summed E-state index contributed by atoms with van der Waals surface area (Å²) < 4.78 is 6.14. The van der Waals surface area contributed by atoms with Crippen LogP contribution in [0.5, 0.6) is 11.5 Å². The van der Waals surface area contributed by atoms with Gasteiger partial charge in [-0.15, -0.1) is 0 Å². The van der Waals surface area contributed by atoms with E-state index in [0.29, 0.717) is 0 Å². The molecular weight excluding hydrogens is 260 g/mol. The van der Waals surface area contributed by atoms with Crippen LogP contribution in [0.2, 0.25) is 0 Å². The van der Waals surface area contributed by atoms with Crippen LogP contribution in [0.3, 0.4) is 0 Å². The number of rotatable bonds is 6. The maximum atomic E-state index is 6.14. The molecular formula is C18H24N2O. The molecule has 0 fully saturated rings. The molecule has 21 heavy (non-hydrogen) atoms. The summed E-state index contributed by atoms with van der Waals surface area (Å²) in [5.74, 6) is 1.76. The Bertz CT molecular complexity index is 608. The number of nitrogens with zero attached hydrogens (tertiary/aromatic N) is 1. The highest BCUT2D eigenvalue weighted by atomic mass is 16.5. The minimum absolute atomic E-state index is 0.814.